The summed E-state index contributed by atoms with van der Waals surface area (Å²) in [6, 6.07) is 6.35. The molecule has 1 atom stereocenters. The second-order valence-corrected chi connectivity index (χ2v) is 6.27. The summed E-state index contributed by atoms with van der Waals surface area (Å²) in [5.74, 6) is 0.0523. The van der Waals surface area contributed by atoms with Crippen molar-refractivity contribution in [1.29, 1.82) is 5.26 Å². The number of carbonyl (C=O) groups excluding carboxylic acids is 2. The molecule has 2 amide bonds. The van der Waals surface area contributed by atoms with E-state index in [1.54, 1.807) is 23.6 Å². The van der Waals surface area contributed by atoms with Crippen molar-refractivity contribution in [3.05, 3.63) is 40.3 Å². The number of nitriles is 1. The Labute approximate surface area is 148 Å². The first-order valence-electron chi connectivity index (χ1n) is 7.37. The maximum absolute atomic E-state index is 12.7. The second kappa shape index (κ2) is 6.45. The Morgan fingerprint density at radius 3 is 2.56 bits per heavy atom. The first-order chi connectivity index (χ1) is 12.0. The van der Waals surface area contributed by atoms with Crippen molar-refractivity contribution in [3.8, 4) is 17.6 Å². The molecule has 7 nitrogen and oxygen atoms in total. The van der Waals surface area contributed by atoms with Crippen LogP contribution in [-0.4, -0.2) is 30.9 Å². The van der Waals surface area contributed by atoms with E-state index >= 15 is 0 Å². The molecule has 1 aromatic carbocycles. The van der Waals surface area contributed by atoms with Gasteiger partial charge >= 0.3 is 0 Å². The molecule has 2 N–H and O–H groups in total. The molecule has 0 aliphatic carbocycles. The summed E-state index contributed by atoms with van der Waals surface area (Å²) in [6.07, 6.45) is -0.0411. The van der Waals surface area contributed by atoms with E-state index in [-0.39, 0.29) is 17.5 Å². The largest absolute Gasteiger partial charge is 0.493 e. The number of hydrogen-bond donors (Lipinski definition) is 1. The van der Waals surface area contributed by atoms with Gasteiger partial charge in [-0.25, -0.2) is 0 Å². The molecule has 25 heavy (non-hydrogen) atoms. The molecule has 1 aromatic heterocycles. The van der Waals surface area contributed by atoms with Crippen LogP contribution in [0.1, 0.15) is 38.7 Å². The van der Waals surface area contributed by atoms with E-state index in [0.29, 0.717) is 22.1 Å². The molecule has 128 valence electrons. The van der Waals surface area contributed by atoms with Crippen LogP contribution < -0.4 is 15.2 Å². The minimum atomic E-state index is -0.735. The average molecular weight is 357 g/mol. The van der Waals surface area contributed by atoms with Gasteiger partial charge in [0, 0.05) is 5.38 Å². The Morgan fingerprint density at radius 1 is 1.24 bits per heavy atom. The van der Waals surface area contributed by atoms with E-state index in [1.165, 1.54) is 14.2 Å². The Morgan fingerprint density at radius 2 is 1.96 bits per heavy atom. The number of fused-ring (bicyclic) bond motifs is 1. The Kier molecular flexibility index (Phi) is 4.33. The summed E-state index contributed by atoms with van der Waals surface area (Å²) >= 11 is 1.16. The van der Waals surface area contributed by atoms with Crippen molar-refractivity contribution in [1.82, 2.24) is 4.90 Å². The van der Waals surface area contributed by atoms with Crippen molar-refractivity contribution in [2.75, 3.05) is 20.0 Å². The number of nitrogen functional groups attached to an aromatic ring is 1. The smallest absolute Gasteiger partial charge is 0.265 e. The van der Waals surface area contributed by atoms with Crippen molar-refractivity contribution in [3.63, 3.8) is 0 Å². The van der Waals surface area contributed by atoms with E-state index in [4.69, 9.17) is 15.2 Å². The second-order valence-electron chi connectivity index (χ2n) is 5.36. The van der Waals surface area contributed by atoms with Crippen LogP contribution in [0.5, 0.6) is 11.5 Å². The highest BCUT2D eigenvalue weighted by Gasteiger charge is 2.43. The molecule has 0 fully saturated rings. The minimum absolute atomic E-state index is 0.0411. The molecule has 8 heteroatoms. The van der Waals surface area contributed by atoms with Gasteiger partial charge in [-0.05, 0) is 17.7 Å². The zero-order chi connectivity index (χ0) is 18.1. The summed E-state index contributed by atoms with van der Waals surface area (Å²) in [5, 5.41) is 11.1. The van der Waals surface area contributed by atoms with Crippen LogP contribution >= 0.6 is 11.3 Å². The van der Waals surface area contributed by atoms with Gasteiger partial charge in [0.15, 0.2) is 11.5 Å². The van der Waals surface area contributed by atoms with Gasteiger partial charge in [0.2, 0.25) is 0 Å². The van der Waals surface area contributed by atoms with Crippen LogP contribution in [0.15, 0.2) is 23.6 Å². The number of rotatable bonds is 5. The number of carbonyl (C=O) groups is 2. The van der Waals surface area contributed by atoms with Gasteiger partial charge in [-0.3, -0.25) is 14.5 Å². The standard InChI is InChI=1S/C17H15N3O4S/c1-23-12-4-3-9(7-13(12)24-2)11(5-6-18)20-16(21)10-8-25-15(19)14(10)17(20)22/h3-4,7-8,11H,5,19H2,1-2H3. The van der Waals surface area contributed by atoms with Crippen molar-refractivity contribution in [2.24, 2.45) is 0 Å². The first-order valence-corrected chi connectivity index (χ1v) is 8.25. The predicted molar refractivity (Wildman–Crippen MR) is 91.7 cm³/mol. The maximum atomic E-state index is 12.7. The number of anilines is 1. The quantitative estimate of drug-likeness (QED) is 0.825. The number of methoxy groups -OCH3 is 2. The van der Waals surface area contributed by atoms with Crippen LogP contribution in [0, 0.1) is 11.3 Å². The molecule has 2 heterocycles. The van der Waals surface area contributed by atoms with Crippen LogP contribution in [0.2, 0.25) is 0 Å². The van der Waals surface area contributed by atoms with E-state index in [9.17, 15) is 14.9 Å². The number of benzene rings is 1. The fourth-order valence-electron chi connectivity index (χ4n) is 2.88. The van der Waals surface area contributed by atoms with Gasteiger partial charge in [0.25, 0.3) is 11.8 Å². The number of thiophene rings is 1. The number of hydrogen-bond acceptors (Lipinski definition) is 7. The molecule has 0 radical (unpaired) electrons. The lowest BCUT2D eigenvalue weighted by molar-refractivity contribution is 0.0584. The monoisotopic (exact) mass is 357 g/mol. The highest BCUT2D eigenvalue weighted by molar-refractivity contribution is 7.14. The molecular formula is C17H15N3O4S. The highest BCUT2D eigenvalue weighted by atomic mass is 32.1. The molecule has 0 saturated heterocycles. The van der Waals surface area contributed by atoms with E-state index in [0.717, 1.165) is 16.2 Å². The lowest BCUT2D eigenvalue weighted by Gasteiger charge is -2.25. The average Bonchev–Trinajstić information content (AvgIpc) is 3.12. The SMILES string of the molecule is COc1ccc(C(CC#N)N2C(=O)c3csc(N)c3C2=O)cc1OC. The fraction of sp³-hybridized carbons (Fsp3) is 0.235. The first kappa shape index (κ1) is 16.8. The number of nitrogens with two attached hydrogens (primary N) is 1. The summed E-state index contributed by atoms with van der Waals surface area (Å²) in [7, 11) is 3.00. The molecule has 1 unspecified atom stereocenters. The summed E-state index contributed by atoms with van der Waals surface area (Å²) in [6.45, 7) is 0. The number of amides is 2. The fourth-order valence-corrected chi connectivity index (χ4v) is 3.66. The van der Waals surface area contributed by atoms with Crippen LogP contribution in [-0.2, 0) is 0 Å². The van der Waals surface area contributed by atoms with E-state index in [1.807, 2.05) is 6.07 Å². The van der Waals surface area contributed by atoms with Crippen LogP contribution in [0.3, 0.4) is 0 Å². The lowest BCUT2D eigenvalue weighted by Crippen LogP contribution is -2.34. The van der Waals surface area contributed by atoms with Gasteiger partial charge in [0.05, 0.1) is 48.9 Å². The number of nitrogens with zero attached hydrogens (tertiary/aromatic N) is 2. The Balaban J connectivity index is 2.05. The molecule has 0 bridgehead atoms. The Hall–Kier alpha value is -3.05. The normalized spacial score (nSPS) is 14.2. The molecule has 1 aliphatic rings. The summed E-state index contributed by atoms with van der Waals surface area (Å²) in [5.41, 5.74) is 6.93. The summed E-state index contributed by atoms with van der Waals surface area (Å²) < 4.78 is 10.5. The van der Waals surface area contributed by atoms with Gasteiger partial charge in [-0.15, -0.1) is 11.3 Å². The zero-order valence-electron chi connectivity index (χ0n) is 13.6. The minimum Gasteiger partial charge on any atom is -0.493 e. The third-order valence-corrected chi connectivity index (χ3v) is 4.90. The lowest BCUT2D eigenvalue weighted by atomic mass is 10.0. The van der Waals surface area contributed by atoms with E-state index in [2.05, 4.69) is 0 Å². The predicted octanol–water partition coefficient (Wildman–Crippen LogP) is 2.60. The van der Waals surface area contributed by atoms with Crippen molar-refractivity contribution >= 4 is 28.2 Å². The number of ether oxygens (including phenoxy) is 2. The molecule has 0 spiro atoms. The highest BCUT2D eigenvalue weighted by Crippen LogP contribution is 2.40. The molecular weight excluding hydrogens is 342 g/mol. The topological polar surface area (TPSA) is 106 Å². The van der Waals surface area contributed by atoms with Crippen LogP contribution in [0.4, 0.5) is 5.00 Å². The summed E-state index contributed by atoms with van der Waals surface area (Å²) in [4.78, 5) is 26.5. The molecule has 0 saturated carbocycles. The zero-order valence-corrected chi connectivity index (χ0v) is 14.4. The van der Waals surface area contributed by atoms with E-state index < -0.39 is 17.9 Å². The van der Waals surface area contributed by atoms with Gasteiger partial charge in [0.1, 0.15) is 0 Å². The third kappa shape index (κ3) is 2.58. The van der Waals surface area contributed by atoms with Gasteiger partial charge < -0.3 is 15.2 Å². The molecule has 3 rings (SSSR count). The molecule has 2 aromatic rings. The third-order valence-electron chi connectivity index (χ3n) is 4.09. The van der Waals surface area contributed by atoms with Crippen molar-refractivity contribution in [2.45, 2.75) is 12.5 Å². The number of imide groups is 1. The maximum Gasteiger partial charge on any atom is 0.265 e. The van der Waals surface area contributed by atoms with Gasteiger partial charge in [-0.2, -0.15) is 5.26 Å². The Bertz CT molecular complexity index is 900. The van der Waals surface area contributed by atoms with Crippen LogP contribution in [0.25, 0.3) is 0 Å². The van der Waals surface area contributed by atoms with Crippen molar-refractivity contribution < 1.29 is 19.1 Å². The molecule has 1 aliphatic heterocycles. The van der Waals surface area contributed by atoms with Gasteiger partial charge in [-0.1, -0.05) is 6.07 Å².